The Hall–Kier alpha value is -6.63. The summed E-state index contributed by atoms with van der Waals surface area (Å²) in [6.45, 7) is -10.4. The number of aromatic amines is 1. The number of H-pyrrole nitrogens is 1. The average Bonchev–Trinajstić information content (AvgIpc) is 4.12. The minimum absolute atomic E-state index is 0.000768. The van der Waals surface area contributed by atoms with E-state index in [-0.39, 0.29) is 52.1 Å². The largest absolute Gasteiger partial charge is 0.508 e. The second-order valence-electron chi connectivity index (χ2n) is 17.1. The van der Waals surface area contributed by atoms with Gasteiger partial charge in [-0.2, -0.15) is 0 Å². The fourth-order valence-corrected chi connectivity index (χ4v) is 15.0. The zero-order valence-corrected chi connectivity index (χ0v) is 42.2. The molecule has 27 heteroatoms. The number of hydrogen-bond donors (Lipinski definition) is 3. The molecular formula is C48H42FN7O15P2S2. The van der Waals surface area contributed by atoms with Gasteiger partial charge in [-0.3, -0.25) is 46.6 Å². The molecule has 75 heavy (non-hydrogen) atoms. The molecule has 4 N–H and O–H groups in total. The number of fused-ring (bicyclic) bond motifs is 4. The number of nitrogens with two attached hydrogens (primary N) is 1. The average molecular weight is 1100 g/mol. The maximum atomic E-state index is 17.0. The van der Waals surface area contributed by atoms with Crippen LogP contribution in [-0.2, 0) is 48.2 Å². The fourth-order valence-electron chi connectivity index (χ4n) is 8.20. The van der Waals surface area contributed by atoms with E-state index < -0.39 is 87.1 Å². The van der Waals surface area contributed by atoms with Crippen molar-refractivity contribution in [2.75, 3.05) is 18.9 Å². The van der Waals surface area contributed by atoms with E-state index in [4.69, 9.17) is 38.0 Å². The third-order valence-corrected chi connectivity index (χ3v) is 19.5. The van der Waals surface area contributed by atoms with Crippen LogP contribution in [0.4, 0.5) is 10.2 Å². The van der Waals surface area contributed by atoms with E-state index in [1.165, 1.54) is 73.3 Å². The summed E-state index contributed by atoms with van der Waals surface area (Å²) in [5.74, 6) is -0.787. The molecule has 2 unspecified atom stereocenters. The number of phenols is 1. The summed E-state index contributed by atoms with van der Waals surface area (Å²) in [6, 6.07) is 25.3. The van der Waals surface area contributed by atoms with Gasteiger partial charge >= 0.3 is 25.3 Å². The van der Waals surface area contributed by atoms with Gasteiger partial charge in [-0.15, -0.1) is 0 Å². The molecule has 3 fully saturated rings. The molecule has 3 aliphatic rings. The number of phenolic OH excluding ortho intramolecular Hbond substituents is 1. The third-order valence-electron chi connectivity index (χ3n) is 12.1. The van der Waals surface area contributed by atoms with Gasteiger partial charge < -0.3 is 25.1 Å². The van der Waals surface area contributed by atoms with Gasteiger partial charge in [0.25, 0.3) is 5.56 Å². The lowest BCUT2D eigenvalue weighted by Gasteiger charge is -2.28. The molecule has 0 saturated carbocycles. The maximum absolute atomic E-state index is 17.0. The van der Waals surface area contributed by atoms with E-state index in [2.05, 4.69) is 19.9 Å². The number of nitrogens with one attached hydrogen (secondary N) is 1. The molecule has 388 valence electrons. The van der Waals surface area contributed by atoms with Gasteiger partial charge in [0, 0.05) is 46.9 Å². The Kier molecular flexibility index (Phi) is 15.1. The number of benzene rings is 4. The van der Waals surface area contributed by atoms with Crippen molar-refractivity contribution < 1.29 is 65.3 Å². The molecule has 6 heterocycles. The molecule has 3 aromatic heterocycles. The fraction of sp³-hybridized carbons (Fsp3) is 0.250. The van der Waals surface area contributed by atoms with Crippen LogP contribution in [0.1, 0.15) is 66.6 Å². The second kappa shape index (κ2) is 21.9. The molecule has 10 rings (SSSR count). The number of aromatic hydroxyl groups is 1. The summed E-state index contributed by atoms with van der Waals surface area (Å²) >= 11 is 1.41. The van der Waals surface area contributed by atoms with Gasteiger partial charge in [0.05, 0.1) is 25.1 Å². The van der Waals surface area contributed by atoms with E-state index in [1.54, 1.807) is 41.0 Å². The van der Waals surface area contributed by atoms with E-state index >= 15 is 13.5 Å². The van der Waals surface area contributed by atoms with Crippen molar-refractivity contribution in [2.24, 2.45) is 0 Å². The predicted octanol–water partition coefficient (Wildman–Crippen LogP) is 7.35. The number of alkyl halides is 1. The molecule has 9 atom stereocenters. The highest BCUT2D eigenvalue weighted by molar-refractivity contribution is 8.55. The minimum atomic E-state index is -4.62. The van der Waals surface area contributed by atoms with Crippen molar-refractivity contribution in [1.29, 1.82) is 0 Å². The van der Waals surface area contributed by atoms with Gasteiger partial charge in [0.2, 0.25) is 0 Å². The van der Waals surface area contributed by atoms with Crippen LogP contribution >= 0.6 is 36.4 Å². The number of ether oxygens (including phenoxy) is 3. The van der Waals surface area contributed by atoms with Crippen molar-refractivity contribution in [3.63, 3.8) is 0 Å². The number of hydrogen-bond acceptors (Lipinski definition) is 21. The first-order chi connectivity index (χ1) is 36.1. The lowest BCUT2D eigenvalue weighted by atomic mass is 10.0. The molecule has 0 amide bonds. The Morgan fingerprint density at radius 2 is 1.41 bits per heavy atom. The molecule has 0 aliphatic carbocycles. The minimum Gasteiger partial charge on any atom is -0.508 e. The van der Waals surface area contributed by atoms with Crippen molar-refractivity contribution in [3.8, 4) is 11.5 Å². The quantitative estimate of drug-likeness (QED) is 0.0334. The van der Waals surface area contributed by atoms with E-state index in [1.807, 2.05) is 0 Å². The highest BCUT2D eigenvalue weighted by Crippen LogP contribution is 2.67. The Morgan fingerprint density at radius 1 is 0.787 bits per heavy atom. The number of carbonyl (C=O) groups is 3. The van der Waals surface area contributed by atoms with Crippen LogP contribution in [0.25, 0.3) is 11.2 Å². The third kappa shape index (κ3) is 11.6. The summed E-state index contributed by atoms with van der Waals surface area (Å²) < 4.78 is 92.7. The number of imidazole rings is 1. The molecule has 4 aromatic carbocycles. The number of carbonyl (C=O) groups excluding carboxylic acids is 3. The van der Waals surface area contributed by atoms with Crippen LogP contribution in [-0.4, -0.2) is 96.0 Å². The van der Waals surface area contributed by atoms with Crippen LogP contribution < -0.4 is 21.7 Å². The number of esters is 1. The van der Waals surface area contributed by atoms with Gasteiger partial charge in [-0.1, -0.05) is 48.5 Å². The Morgan fingerprint density at radius 3 is 2.08 bits per heavy atom. The zero-order valence-electron chi connectivity index (χ0n) is 38.8. The molecule has 0 spiro atoms. The number of anilines is 1. The normalized spacial score (nSPS) is 25.9. The van der Waals surface area contributed by atoms with Gasteiger partial charge in [-0.05, 0) is 82.4 Å². The molecule has 7 aromatic rings. The second-order valence-corrected chi connectivity index (χ2v) is 25.1. The van der Waals surface area contributed by atoms with Crippen molar-refractivity contribution in [2.45, 2.75) is 61.0 Å². The molecular weight excluding hydrogens is 1060 g/mol. The van der Waals surface area contributed by atoms with E-state index in [0.717, 1.165) is 28.2 Å². The smallest absolute Gasteiger partial charge is 0.390 e. The molecule has 3 saturated heterocycles. The van der Waals surface area contributed by atoms with Gasteiger partial charge in [0.15, 0.2) is 29.6 Å². The lowest BCUT2D eigenvalue weighted by molar-refractivity contribution is -0.0587. The number of nitrogens with zero attached hydrogens (tertiary/aromatic N) is 5. The standard InChI is InChI=1S/C48H42FN7O15P2S2/c49-40-37-22-66-72(63,74-24-29-5-15-34(16-6-29)67-47(61)32-9-1-27(20-57)2-10-32)70-35-19-39(56-26-53-41-44(50)51-25-52-45(41)56)68-36(35)21-65-73(64,71-43(40)46(69-37)55-18-17-38(59)54-48(55)62)75-23-28-3-7-30(8-4-28)42(60)31-11-13-33(58)14-12-31/h1-18,20,25-26,35-37,39-40,43,46,58H,19,21-24H2,(H2,50,51,52)(H,54,59,62)/t35-,36+,37+,39+,40+,43+,46+,72?,73?/m0/s1. The number of nitrogen functional groups attached to an aromatic ring is 1. The first-order valence-corrected chi connectivity index (χ1v) is 29.0. The Balaban J connectivity index is 0.942. The van der Waals surface area contributed by atoms with Gasteiger partial charge in [-0.25, -0.2) is 38.1 Å². The number of halogens is 1. The van der Waals surface area contributed by atoms with E-state index in [9.17, 15) is 29.1 Å². The number of rotatable bonds is 13. The lowest BCUT2D eigenvalue weighted by Crippen LogP contribution is -2.37. The zero-order chi connectivity index (χ0) is 52.4. The number of aldehydes is 1. The number of aromatic nitrogens is 6. The van der Waals surface area contributed by atoms with Crippen LogP contribution in [0.2, 0.25) is 0 Å². The first-order valence-electron chi connectivity index (χ1n) is 22.8. The Bertz CT molecular complexity index is 3480. The summed E-state index contributed by atoms with van der Waals surface area (Å²) in [5, 5.41) is 9.68. The SMILES string of the molecule is Nc1ncnc2c1ncn2[C@H]1C[C@@H]2OP(=O)(SCc3ccc(OC(=O)c4ccc(C=O)cc4)cc3)OC[C@H]3O[C@@H](n4ccc(=O)[nH]c4=O)[C@H](OP(=O)(SCc4ccc(C(=O)c5ccc(O)cc5)cc4)OC[C@H]2O1)[C@@H]3F. The highest BCUT2D eigenvalue weighted by atomic mass is 32.7. The molecule has 3 aliphatic heterocycles. The summed E-state index contributed by atoms with van der Waals surface area (Å²) in [6.07, 6.45) is -6.29. The molecule has 22 nitrogen and oxygen atoms in total. The van der Waals surface area contributed by atoms with Crippen molar-refractivity contribution in [1.82, 2.24) is 29.1 Å². The molecule has 2 bridgehead atoms. The summed E-state index contributed by atoms with van der Waals surface area (Å²) in [7, 11) is 0. The van der Waals surface area contributed by atoms with E-state index in [0.29, 0.717) is 51.1 Å². The topological polar surface area (TPSA) is 295 Å². The summed E-state index contributed by atoms with van der Waals surface area (Å²) in [4.78, 5) is 77.2. The van der Waals surface area contributed by atoms with Crippen LogP contribution in [0, 0.1) is 0 Å². The Labute approximate surface area is 431 Å². The van der Waals surface area contributed by atoms with Crippen molar-refractivity contribution >= 4 is 71.4 Å². The van der Waals surface area contributed by atoms with Gasteiger partial charge in [0.1, 0.15) is 60.3 Å². The summed E-state index contributed by atoms with van der Waals surface area (Å²) in [5.41, 5.74) is 7.29. The highest BCUT2D eigenvalue weighted by Gasteiger charge is 2.53. The van der Waals surface area contributed by atoms with Crippen LogP contribution in [0.3, 0.4) is 0 Å². The number of ketones is 1. The predicted molar refractivity (Wildman–Crippen MR) is 269 cm³/mol. The maximum Gasteiger partial charge on any atom is 0.390 e. The first kappa shape index (κ1) is 51.8. The van der Waals surface area contributed by atoms with Crippen molar-refractivity contribution in [3.05, 3.63) is 176 Å². The van der Waals surface area contributed by atoms with Crippen LogP contribution in [0.15, 0.2) is 132 Å². The monoisotopic (exact) mass is 1100 g/mol. The van der Waals surface area contributed by atoms with Crippen LogP contribution in [0.5, 0.6) is 11.5 Å². The molecule has 0 radical (unpaired) electrons.